The normalized spacial score (nSPS) is 15.8. The molecule has 9 nitrogen and oxygen atoms in total. The van der Waals surface area contributed by atoms with Gasteiger partial charge >= 0.3 is 17.9 Å². The standard InChI is InChI=1S/C26H24N2O7/c29-21(30)9-3-1-2-4-10-22(31)35-24-17-12-20-23-16(11-15-7-5-6-8-19(15)27-23)13-28(20)25(32)18(17)14-34-26(24)33/h5-8,11-12,24H,1-4,9-10,13-14H2,(H,29,30)/t24-/m0/s1. The maximum Gasteiger partial charge on any atom is 0.352 e. The topological polar surface area (TPSA) is 125 Å². The number of fused-ring (bicyclic) bond motifs is 5. The number of unbranched alkanes of at least 4 members (excludes halogenated alkanes) is 3. The van der Waals surface area contributed by atoms with Crippen molar-refractivity contribution >= 4 is 28.8 Å². The van der Waals surface area contributed by atoms with E-state index in [4.69, 9.17) is 19.6 Å². The smallest absolute Gasteiger partial charge is 0.352 e. The van der Waals surface area contributed by atoms with E-state index < -0.39 is 24.0 Å². The van der Waals surface area contributed by atoms with Crippen LogP contribution in [0.15, 0.2) is 41.2 Å². The molecule has 2 aliphatic heterocycles. The minimum Gasteiger partial charge on any atom is -0.481 e. The van der Waals surface area contributed by atoms with E-state index in [1.165, 1.54) is 0 Å². The predicted octanol–water partition coefficient (Wildman–Crippen LogP) is 3.49. The van der Waals surface area contributed by atoms with Gasteiger partial charge in [-0.1, -0.05) is 31.0 Å². The van der Waals surface area contributed by atoms with Gasteiger partial charge in [0.1, 0.15) is 6.61 Å². The molecule has 180 valence electrons. The first kappa shape index (κ1) is 22.8. The van der Waals surface area contributed by atoms with E-state index in [0.717, 1.165) is 16.5 Å². The molecular formula is C26H24N2O7. The van der Waals surface area contributed by atoms with Crippen molar-refractivity contribution in [3.63, 3.8) is 0 Å². The predicted molar refractivity (Wildman–Crippen MR) is 125 cm³/mol. The van der Waals surface area contributed by atoms with E-state index in [1.807, 2.05) is 30.3 Å². The Labute approximate surface area is 200 Å². The van der Waals surface area contributed by atoms with Crippen molar-refractivity contribution in [3.8, 4) is 11.4 Å². The first-order valence-corrected chi connectivity index (χ1v) is 11.7. The van der Waals surface area contributed by atoms with Gasteiger partial charge in [0.15, 0.2) is 0 Å². The second-order valence-corrected chi connectivity index (χ2v) is 8.83. The van der Waals surface area contributed by atoms with Gasteiger partial charge in [-0.05, 0) is 31.0 Å². The van der Waals surface area contributed by atoms with Gasteiger partial charge in [0.05, 0.1) is 29.0 Å². The zero-order valence-corrected chi connectivity index (χ0v) is 19.0. The number of pyridine rings is 2. The molecule has 0 spiro atoms. The summed E-state index contributed by atoms with van der Waals surface area (Å²) in [5.41, 5.74) is 3.33. The molecular weight excluding hydrogens is 452 g/mol. The third kappa shape index (κ3) is 4.41. The number of carboxylic acid groups (broad SMARTS) is 1. The lowest BCUT2D eigenvalue weighted by Crippen LogP contribution is -2.34. The third-order valence-electron chi connectivity index (χ3n) is 6.43. The van der Waals surface area contributed by atoms with Crippen molar-refractivity contribution in [2.75, 3.05) is 0 Å². The molecule has 35 heavy (non-hydrogen) atoms. The molecule has 3 aromatic rings. The summed E-state index contributed by atoms with van der Waals surface area (Å²) in [5, 5.41) is 9.66. The molecule has 9 heteroatoms. The number of benzene rings is 1. The molecule has 1 aromatic carbocycles. The van der Waals surface area contributed by atoms with Crippen LogP contribution in [0.4, 0.5) is 0 Å². The lowest BCUT2D eigenvalue weighted by Gasteiger charge is -2.25. The second-order valence-electron chi connectivity index (χ2n) is 8.83. The first-order valence-electron chi connectivity index (χ1n) is 11.7. The summed E-state index contributed by atoms with van der Waals surface area (Å²) in [4.78, 5) is 53.6. The molecule has 0 saturated carbocycles. The number of esters is 2. The molecule has 1 atom stereocenters. The average molecular weight is 476 g/mol. The summed E-state index contributed by atoms with van der Waals surface area (Å²) >= 11 is 0. The van der Waals surface area contributed by atoms with Crippen LogP contribution in [0.3, 0.4) is 0 Å². The number of cyclic esters (lactones) is 1. The van der Waals surface area contributed by atoms with Crippen LogP contribution in [-0.2, 0) is 37.0 Å². The van der Waals surface area contributed by atoms with Crippen LogP contribution in [0.2, 0.25) is 0 Å². The summed E-state index contributed by atoms with van der Waals surface area (Å²) in [6.45, 7) is 0.200. The van der Waals surface area contributed by atoms with Gasteiger partial charge in [0, 0.05) is 29.4 Å². The Morgan fingerprint density at radius 1 is 1.09 bits per heavy atom. The maximum atomic E-state index is 13.3. The minimum atomic E-state index is -1.30. The molecule has 0 aliphatic carbocycles. The molecule has 0 unspecified atom stereocenters. The Bertz CT molecular complexity index is 1410. The number of carbonyl (C=O) groups excluding carboxylic acids is 2. The fraction of sp³-hybridized carbons (Fsp3) is 0.346. The first-order chi connectivity index (χ1) is 16.9. The van der Waals surface area contributed by atoms with Crippen molar-refractivity contribution in [2.24, 2.45) is 0 Å². The highest BCUT2D eigenvalue weighted by atomic mass is 16.6. The summed E-state index contributed by atoms with van der Waals surface area (Å²) in [6, 6.07) is 11.4. The van der Waals surface area contributed by atoms with Crippen LogP contribution in [0.5, 0.6) is 0 Å². The van der Waals surface area contributed by atoms with Crippen LogP contribution in [-0.4, -0.2) is 32.6 Å². The lowest BCUT2D eigenvalue weighted by atomic mass is 10.00. The quantitative estimate of drug-likeness (QED) is 0.303. The summed E-state index contributed by atoms with van der Waals surface area (Å²) in [5.74, 6) is -2.11. The van der Waals surface area contributed by atoms with Gasteiger partial charge in [0.2, 0.25) is 6.10 Å². The molecule has 0 fully saturated rings. The molecule has 0 saturated heterocycles. The Morgan fingerprint density at radius 2 is 1.86 bits per heavy atom. The fourth-order valence-corrected chi connectivity index (χ4v) is 4.66. The van der Waals surface area contributed by atoms with E-state index in [-0.39, 0.29) is 25.0 Å². The van der Waals surface area contributed by atoms with Crippen LogP contribution in [0, 0.1) is 0 Å². The van der Waals surface area contributed by atoms with E-state index in [0.29, 0.717) is 54.7 Å². The Hall–Kier alpha value is -4.01. The highest BCUT2D eigenvalue weighted by molar-refractivity contribution is 5.85. The molecule has 2 aliphatic rings. The van der Waals surface area contributed by atoms with Crippen LogP contribution in [0.25, 0.3) is 22.3 Å². The van der Waals surface area contributed by atoms with E-state index in [1.54, 1.807) is 10.6 Å². The Balaban J connectivity index is 1.37. The number of hydrogen-bond acceptors (Lipinski definition) is 7. The molecule has 0 bridgehead atoms. The van der Waals surface area contributed by atoms with Crippen molar-refractivity contribution in [1.82, 2.24) is 9.55 Å². The number of aromatic nitrogens is 2. The average Bonchev–Trinajstić information content (AvgIpc) is 3.19. The monoisotopic (exact) mass is 476 g/mol. The fourth-order valence-electron chi connectivity index (χ4n) is 4.66. The molecule has 2 aromatic heterocycles. The Kier molecular flexibility index (Phi) is 6.07. The van der Waals surface area contributed by atoms with Gasteiger partial charge in [-0.15, -0.1) is 0 Å². The number of rotatable bonds is 8. The lowest BCUT2D eigenvalue weighted by molar-refractivity contribution is -0.171. The molecule has 4 heterocycles. The van der Waals surface area contributed by atoms with E-state index in [2.05, 4.69) is 0 Å². The summed E-state index contributed by atoms with van der Waals surface area (Å²) in [7, 11) is 0. The van der Waals surface area contributed by atoms with Crippen molar-refractivity contribution in [2.45, 2.75) is 57.8 Å². The van der Waals surface area contributed by atoms with Gasteiger partial charge in [-0.25, -0.2) is 9.78 Å². The van der Waals surface area contributed by atoms with Crippen molar-refractivity contribution in [1.29, 1.82) is 0 Å². The van der Waals surface area contributed by atoms with Gasteiger partial charge in [-0.3, -0.25) is 14.4 Å². The largest absolute Gasteiger partial charge is 0.481 e. The SMILES string of the molecule is O=C(O)CCCCCCC(=O)O[C@@H]1C(=O)OCc2c1cc1n(c2=O)Cc2cc3ccccc3nc2-1. The zero-order chi connectivity index (χ0) is 24.5. The van der Waals surface area contributed by atoms with Crippen molar-refractivity contribution < 1.29 is 29.0 Å². The minimum absolute atomic E-state index is 0.0898. The van der Waals surface area contributed by atoms with Crippen LogP contribution in [0.1, 0.15) is 61.3 Å². The molecule has 1 N–H and O–H groups in total. The van der Waals surface area contributed by atoms with E-state index >= 15 is 0 Å². The third-order valence-corrected chi connectivity index (χ3v) is 6.43. The number of aliphatic carboxylic acids is 1. The highest BCUT2D eigenvalue weighted by Gasteiger charge is 2.37. The van der Waals surface area contributed by atoms with Crippen LogP contribution >= 0.6 is 0 Å². The van der Waals surface area contributed by atoms with Gasteiger partial charge < -0.3 is 19.1 Å². The zero-order valence-electron chi connectivity index (χ0n) is 19.0. The highest BCUT2D eigenvalue weighted by Crippen LogP contribution is 2.36. The molecule has 5 rings (SSSR count). The van der Waals surface area contributed by atoms with Gasteiger partial charge in [0.25, 0.3) is 5.56 Å². The number of nitrogens with zero attached hydrogens (tertiary/aromatic N) is 2. The van der Waals surface area contributed by atoms with Crippen molar-refractivity contribution in [3.05, 3.63) is 63.4 Å². The van der Waals surface area contributed by atoms with Crippen LogP contribution < -0.4 is 5.56 Å². The number of hydrogen-bond donors (Lipinski definition) is 1. The van der Waals surface area contributed by atoms with Gasteiger partial charge in [-0.2, -0.15) is 0 Å². The maximum absolute atomic E-state index is 13.3. The van der Waals surface area contributed by atoms with E-state index in [9.17, 15) is 19.2 Å². The number of ether oxygens (including phenoxy) is 2. The number of carbonyl (C=O) groups is 3. The number of carboxylic acids is 1. The summed E-state index contributed by atoms with van der Waals surface area (Å²) in [6.07, 6.45) is 1.32. The second kappa shape index (κ2) is 9.32. The number of para-hydroxylation sites is 1. The summed E-state index contributed by atoms with van der Waals surface area (Å²) < 4.78 is 12.3. The Morgan fingerprint density at radius 3 is 2.66 bits per heavy atom. The molecule has 0 radical (unpaired) electrons. The molecule has 0 amide bonds.